The Hall–Kier alpha value is -1.18. The largest absolute Gasteiger partial charge is 0.393 e. The molecule has 1 aliphatic rings. The lowest BCUT2D eigenvalue weighted by Crippen LogP contribution is -2.35. The highest BCUT2D eigenvalue weighted by atomic mass is 32.1. The minimum atomic E-state index is -0.174. The molecule has 0 atom stereocenters. The summed E-state index contributed by atoms with van der Waals surface area (Å²) in [5.74, 6) is 0.556. The van der Waals surface area contributed by atoms with E-state index in [9.17, 15) is 5.11 Å². The van der Waals surface area contributed by atoms with Crippen LogP contribution in [0.3, 0.4) is 0 Å². The van der Waals surface area contributed by atoms with Crippen LogP contribution in [0.2, 0.25) is 0 Å². The van der Waals surface area contributed by atoms with Crippen molar-refractivity contribution in [2.24, 2.45) is 0 Å². The summed E-state index contributed by atoms with van der Waals surface area (Å²) in [7, 11) is 0. The SMILES string of the molecule is Cc1csc(-c2c(N)nsc2N2CCC(O)CC2)n1. The van der Waals surface area contributed by atoms with Gasteiger partial charge in [0.2, 0.25) is 0 Å². The normalized spacial score (nSPS) is 17.1. The molecule has 3 heterocycles. The van der Waals surface area contributed by atoms with Crippen molar-refractivity contribution in [3.05, 3.63) is 11.1 Å². The smallest absolute Gasteiger partial charge is 0.149 e. The maximum atomic E-state index is 9.59. The summed E-state index contributed by atoms with van der Waals surface area (Å²) in [5.41, 5.74) is 7.97. The number of hydrogen-bond acceptors (Lipinski definition) is 7. The molecule has 3 rings (SSSR count). The maximum Gasteiger partial charge on any atom is 0.149 e. The number of anilines is 2. The first-order valence-corrected chi connectivity index (χ1v) is 7.91. The predicted molar refractivity (Wildman–Crippen MR) is 79.8 cm³/mol. The van der Waals surface area contributed by atoms with Crippen molar-refractivity contribution in [1.82, 2.24) is 9.36 Å². The minimum absolute atomic E-state index is 0.174. The highest BCUT2D eigenvalue weighted by Gasteiger charge is 2.24. The molecule has 0 radical (unpaired) electrons. The summed E-state index contributed by atoms with van der Waals surface area (Å²) in [6.07, 6.45) is 1.43. The standard InChI is InChI=1S/C12H16N4OS2/c1-7-6-18-11(14-7)9-10(13)15-19-12(9)16-4-2-8(17)3-5-16/h6,8,17H,2-5H2,1H3,(H2,13,15). The number of aromatic nitrogens is 2. The zero-order chi connectivity index (χ0) is 13.4. The second kappa shape index (κ2) is 5.07. The summed E-state index contributed by atoms with van der Waals surface area (Å²) < 4.78 is 4.28. The summed E-state index contributed by atoms with van der Waals surface area (Å²) in [5, 5.41) is 13.6. The highest BCUT2D eigenvalue weighted by molar-refractivity contribution is 7.15. The van der Waals surface area contributed by atoms with E-state index in [0.29, 0.717) is 5.82 Å². The topological polar surface area (TPSA) is 75.3 Å². The minimum Gasteiger partial charge on any atom is -0.393 e. The number of aliphatic hydroxyl groups excluding tert-OH is 1. The summed E-state index contributed by atoms with van der Waals surface area (Å²) in [6.45, 7) is 3.67. The zero-order valence-corrected chi connectivity index (χ0v) is 12.3. The van der Waals surface area contributed by atoms with Gasteiger partial charge in [-0.05, 0) is 31.3 Å². The number of nitrogens with two attached hydrogens (primary N) is 1. The molecule has 1 aliphatic heterocycles. The van der Waals surface area contributed by atoms with Gasteiger partial charge in [-0.2, -0.15) is 4.37 Å². The molecule has 102 valence electrons. The lowest BCUT2D eigenvalue weighted by molar-refractivity contribution is 0.145. The van der Waals surface area contributed by atoms with Crippen LogP contribution in [0.5, 0.6) is 0 Å². The number of aliphatic hydroxyl groups is 1. The Balaban J connectivity index is 1.94. The molecule has 0 aromatic carbocycles. The molecule has 2 aromatic rings. The molecule has 1 saturated heterocycles. The Bertz CT molecular complexity index is 572. The van der Waals surface area contributed by atoms with Gasteiger partial charge in [0.15, 0.2) is 0 Å². The number of rotatable bonds is 2. The number of nitrogen functional groups attached to an aromatic ring is 1. The molecule has 0 saturated carbocycles. The quantitative estimate of drug-likeness (QED) is 0.888. The second-order valence-electron chi connectivity index (χ2n) is 4.76. The van der Waals surface area contributed by atoms with Gasteiger partial charge >= 0.3 is 0 Å². The van der Waals surface area contributed by atoms with E-state index < -0.39 is 0 Å². The Morgan fingerprint density at radius 2 is 2.16 bits per heavy atom. The van der Waals surface area contributed by atoms with Gasteiger partial charge < -0.3 is 15.7 Å². The van der Waals surface area contributed by atoms with Crippen LogP contribution in [0.1, 0.15) is 18.5 Å². The fourth-order valence-electron chi connectivity index (χ4n) is 2.25. The molecule has 0 amide bonds. The van der Waals surface area contributed by atoms with Crippen molar-refractivity contribution in [3.8, 4) is 10.6 Å². The Morgan fingerprint density at radius 1 is 1.42 bits per heavy atom. The molecule has 1 fully saturated rings. The van der Waals surface area contributed by atoms with Crippen LogP contribution in [-0.4, -0.2) is 33.7 Å². The fraction of sp³-hybridized carbons (Fsp3) is 0.500. The molecular formula is C12H16N4OS2. The van der Waals surface area contributed by atoms with Gasteiger partial charge in [0.25, 0.3) is 0 Å². The van der Waals surface area contributed by atoms with Crippen molar-refractivity contribution < 1.29 is 5.11 Å². The van der Waals surface area contributed by atoms with Crippen molar-refractivity contribution in [1.29, 1.82) is 0 Å². The van der Waals surface area contributed by atoms with Gasteiger partial charge in [0, 0.05) is 24.2 Å². The Morgan fingerprint density at radius 3 is 2.79 bits per heavy atom. The van der Waals surface area contributed by atoms with Crippen LogP contribution in [-0.2, 0) is 0 Å². The third-order valence-corrected chi connectivity index (χ3v) is 5.19. The number of hydrogen-bond donors (Lipinski definition) is 2. The van der Waals surface area contributed by atoms with E-state index in [2.05, 4.69) is 14.3 Å². The third kappa shape index (κ3) is 2.45. The first kappa shape index (κ1) is 12.8. The van der Waals surface area contributed by atoms with E-state index in [1.54, 1.807) is 11.3 Å². The van der Waals surface area contributed by atoms with Crippen LogP contribution in [0.25, 0.3) is 10.6 Å². The van der Waals surface area contributed by atoms with Gasteiger partial charge in [-0.3, -0.25) is 0 Å². The van der Waals surface area contributed by atoms with Crippen molar-refractivity contribution in [2.45, 2.75) is 25.9 Å². The molecule has 2 aromatic heterocycles. The average molecular weight is 296 g/mol. The monoisotopic (exact) mass is 296 g/mol. The molecular weight excluding hydrogens is 280 g/mol. The van der Waals surface area contributed by atoms with E-state index in [1.165, 1.54) is 11.5 Å². The zero-order valence-electron chi connectivity index (χ0n) is 10.7. The van der Waals surface area contributed by atoms with Gasteiger partial charge in [-0.15, -0.1) is 11.3 Å². The van der Waals surface area contributed by atoms with Gasteiger partial charge in [-0.1, -0.05) is 0 Å². The second-order valence-corrected chi connectivity index (χ2v) is 6.37. The lowest BCUT2D eigenvalue weighted by Gasteiger charge is -2.30. The molecule has 0 aliphatic carbocycles. The lowest BCUT2D eigenvalue weighted by atomic mass is 10.1. The van der Waals surface area contributed by atoms with Crippen LogP contribution >= 0.6 is 22.9 Å². The number of thiazole rings is 1. The molecule has 5 nitrogen and oxygen atoms in total. The summed E-state index contributed by atoms with van der Waals surface area (Å²) >= 11 is 3.02. The number of aryl methyl sites for hydroxylation is 1. The van der Waals surface area contributed by atoms with Crippen LogP contribution < -0.4 is 10.6 Å². The Kier molecular flexibility index (Phi) is 3.42. The highest BCUT2D eigenvalue weighted by Crippen LogP contribution is 2.41. The molecule has 19 heavy (non-hydrogen) atoms. The van der Waals surface area contributed by atoms with Crippen molar-refractivity contribution in [2.75, 3.05) is 23.7 Å². The molecule has 7 heteroatoms. The Labute approximate surface area is 119 Å². The average Bonchev–Trinajstić information content (AvgIpc) is 2.96. The van der Waals surface area contributed by atoms with Gasteiger partial charge in [-0.25, -0.2) is 4.98 Å². The molecule has 3 N–H and O–H groups in total. The fourth-order valence-corrected chi connectivity index (χ4v) is 4.03. The van der Waals surface area contributed by atoms with Crippen molar-refractivity contribution in [3.63, 3.8) is 0 Å². The maximum absolute atomic E-state index is 9.59. The van der Waals surface area contributed by atoms with E-state index in [4.69, 9.17) is 5.73 Å². The first-order valence-electron chi connectivity index (χ1n) is 6.26. The van der Waals surface area contributed by atoms with E-state index in [1.807, 2.05) is 12.3 Å². The van der Waals surface area contributed by atoms with Gasteiger partial charge in [0.05, 0.1) is 11.7 Å². The first-order chi connectivity index (χ1) is 9.15. The summed E-state index contributed by atoms with van der Waals surface area (Å²) in [4.78, 5) is 6.77. The number of nitrogens with zero attached hydrogens (tertiary/aromatic N) is 3. The predicted octanol–water partition coefficient (Wildman–Crippen LogP) is 2.12. The third-order valence-electron chi connectivity index (χ3n) is 3.29. The van der Waals surface area contributed by atoms with Gasteiger partial charge in [0.1, 0.15) is 15.8 Å². The van der Waals surface area contributed by atoms with E-state index in [-0.39, 0.29) is 6.10 Å². The van der Waals surface area contributed by atoms with Crippen molar-refractivity contribution >= 4 is 33.7 Å². The number of piperidine rings is 1. The van der Waals surface area contributed by atoms with Crippen LogP contribution in [0, 0.1) is 6.92 Å². The van der Waals surface area contributed by atoms with Crippen LogP contribution in [0.15, 0.2) is 5.38 Å². The van der Waals surface area contributed by atoms with E-state index in [0.717, 1.165) is 47.2 Å². The summed E-state index contributed by atoms with van der Waals surface area (Å²) in [6, 6.07) is 0. The van der Waals surface area contributed by atoms with Crippen LogP contribution in [0.4, 0.5) is 10.8 Å². The molecule has 0 spiro atoms. The molecule has 0 unspecified atom stereocenters. The van der Waals surface area contributed by atoms with E-state index >= 15 is 0 Å². The molecule has 0 bridgehead atoms.